The molecule has 5 nitrogen and oxygen atoms in total. The summed E-state index contributed by atoms with van der Waals surface area (Å²) < 4.78 is 4.49. The third-order valence-corrected chi connectivity index (χ3v) is 5.24. The highest BCUT2D eigenvalue weighted by molar-refractivity contribution is 7.09. The Morgan fingerprint density at radius 2 is 1.91 bits per heavy atom. The molecule has 1 aliphatic carbocycles. The summed E-state index contributed by atoms with van der Waals surface area (Å²) in [5.41, 5.74) is 0.771. The molecule has 0 bridgehead atoms. The zero-order valence-corrected chi connectivity index (χ0v) is 13.8. The number of carbonyl (C=O) groups is 1. The fraction of sp³-hybridized carbons (Fsp3) is 0.471. The average molecular weight is 328 g/mol. The molecule has 1 amide bonds. The minimum absolute atomic E-state index is 0.128. The van der Waals surface area contributed by atoms with Crippen molar-refractivity contribution >= 4 is 22.6 Å². The number of anilines is 1. The van der Waals surface area contributed by atoms with E-state index in [-0.39, 0.29) is 5.91 Å². The van der Waals surface area contributed by atoms with Crippen LogP contribution in [-0.4, -0.2) is 46.3 Å². The molecule has 2 aliphatic rings. The Balaban J connectivity index is 1.42. The molecule has 0 radical (unpaired) electrons. The maximum atomic E-state index is 12.6. The van der Waals surface area contributed by atoms with Gasteiger partial charge < -0.3 is 9.80 Å². The molecule has 2 heterocycles. The molecular formula is C17H20N4OS. The van der Waals surface area contributed by atoms with Crippen molar-refractivity contribution in [3.05, 3.63) is 41.7 Å². The van der Waals surface area contributed by atoms with Crippen LogP contribution in [0.25, 0.3) is 0 Å². The van der Waals surface area contributed by atoms with Crippen molar-refractivity contribution < 1.29 is 4.79 Å². The summed E-state index contributed by atoms with van der Waals surface area (Å²) in [6.45, 7) is 3.32. The van der Waals surface area contributed by atoms with Crippen LogP contribution in [0, 0.1) is 0 Å². The number of nitrogens with zero attached hydrogens (tertiary/aromatic N) is 4. The Morgan fingerprint density at radius 1 is 1.09 bits per heavy atom. The van der Waals surface area contributed by atoms with E-state index >= 15 is 0 Å². The van der Waals surface area contributed by atoms with Crippen molar-refractivity contribution in [3.8, 4) is 0 Å². The summed E-state index contributed by atoms with van der Waals surface area (Å²) in [5.74, 6) is 1.75. The second-order valence-electron chi connectivity index (χ2n) is 6.21. The lowest BCUT2D eigenvalue weighted by Gasteiger charge is -2.21. The van der Waals surface area contributed by atoms with E-state index in [0.717, 1.165) is 49.1 Å². The molecule has 0 N–H and O–H groups in total. The third kappa shape index (κ3) is 3.22. The zero-order valence-electron chi connectivity index (χ0n) is 13.0. The number of carbonyl (C=O) groups excluding carboxylic acids is 1. The smallest absolute Gasteiger partial charge is 0.253 e. The molecule has 1 aromatic heterocycles. The van der Waals surface area contributed by atoms with Crippen LogP contribution in [0.5, 0.6) is 0 Å². The quantitative estimate of drug-likeness (QED) is 0.869. The maximum Gasteiger partial charge on any atom is 0.253 e. The van der Waals surface area contributed by atoms with Gasteiger partial charge in [-0.15, -0.1) is 0 Å². The summed E-state index contributed by atoms with van der Waals surface area (Å²) in [4.78, 5) is 21.5. The van der Waals surface area contributed by atoms with Gasteiger partial charge in [-0.25, -0.2) is 4.98 Å². The van der Waals surface area contributed by atoms with Gasteiger partial charge in [0.25, 0.3) is 5.91 Å². The third-order valence-electron chi connectivity index (χ3n) is 4.45. The first kappa shape index (κ1) is 14.6. The van der Waals surface area contributed by atoms with Gasteiger partial charge in [-0.3, -0.25) is 4.79 Å². The number of rotatable bonds is 3. The van der Waals surface area contributed by atoms with Gasteiger partial charge in [-0.05, 0) is 31.4 Å². The molecule has 23 heavy (non-hydrogen) atoms. The molecule has 0 spiro atoms. The fourth-order valence-electron chi connectivity index (χ4n) is 2.94. The van der Waals surface area contributed by atoms with E-state index in [2.05, 4.69) is 9.27 Å². The van der Waals surface area contributed by atoms with Crippen molar-refractivity contribution in [1.29, 1.82) is 0 Å². The molecule has 1 aromatic carbocycles. The van der Waals surface area contributed by atoms with E-state index in [4.69, 9.17) is 4.98 Å². The van der Waals surface area contributed by atoms with E-state index in [1.54, 1.807) is 0 Å². The lowest BCUT2D eigenvalue weighted by atomic mass is 10.2. The monoisotopic (exact) mass is 328 g/mol. The molecule has 4 rings (SSSR count). The van der Waals surface area contributed by atoms with Crippen LogP contribution in [0.3, 0.4) is 0 Å². The minimum atomic E-state index is 0.128. The van der Waals surface area contributed by atoms with Crippen molar-refractivity contribution in [2.24, 2.45) is 0 Å². The molecule has 2 fully saturated rings. The Morgan fingerprint density at radius 3 is 2.70 bits per heavy atom. The predicted molar refractivity (Wildman–Crippen MR) is 91.1 cm³/mol. The van der Waals surface area contributed by atoms with Gasteiger partial charge in [-0.1, -0.05) is 18.2 Å². The van der Waals surface area contributed by atoms with E-state index < -0.39 is 0 Å². The summed E-state index contributed by atoms with van der Waals surface area (Å²) in [5, 5.41) is 1.01. The van der Waals surface area contributed by atoms with Crippen LogP contribution in [0.4, 0.5) is 5.13 Å². The predicted octanol–water partition coefficient (Wildman–Crippen LogP) is 2.77. The van der Waals surface area contributed by atoms with Gasteiger partial charge in [0, 0.05) is 49.2 Å². The first-order valence-corrected chi connectivity index (χ1v) is 9.01. The summed E-state index contributed by atoms with van der Waals surface area (Å²) in [6.07, 6.45) is 3.43. The van der Waals surface area contributed by atoms with Gasteiger partial charge in [0.1, 0.15) is 5.82 Å². The zero-order chi connectivity index (χ0) is 15.6. The lowest BCUT2D eigenvalue weighted by molar-refractivity contribution is 0.0767. The standard InChI is InChI=1S/C17H20N4OS/c22-16(14-5-2-1-3-6-14)20-9-4-10-21(12-11-20)17-18-15(19-23-17)13-7-8-13/h1-3,5-6,13H,4,7-12H2. The van der Waals surface area contributed by atoms with Crippen LogP contribution < -0.4 is 4.90 Å². The van der Waals surface area contributed by atoms with Crippen LogP contribution in [0.15, 0.2) is 30.3 Å². The highest BCUT2D eigenvalue weighted by Crippen LogP contribution is 2.39. The summed E-state index contributed by atoms with van der Waals surface area (Å²) >= 11 is 1.50. The van der Waals surface area contributed by atoms with E-state index in [1.807, 2.05) is 35.2 Å². The number of amides is 1. The van der Waals surface area contributed by atoms with Crippen molar-refractivity contribution in [1.82, 2.24) is 14.3 Å². The van der Waals surface area contributed by atoms with Crippen molar-refractivity contribution in [2.45, 2.75) is 25.2 Å². The second-order valence-corrected chi connectivity index (χ2v) is 6.94. The number of benzene rings is 1. The molecular weight excluding hydrogens is 308 g/mol. The minimum Gasteiger partial charge on any atom is -0.345 e. The largest absolute Gasteiger partial charge is 0.345 e. The topological polar surface area (TPSA) is 49.3 Å². The molecule has 2 aromatic rings. The normalized spacial score (nSPS) is 18.8. The molecule has 1 saturated heterocycles. The van der Waals surface area contributed by atoms with Crippen LogP contribution in [0.2, 0.25) is 0 Å². The number of hydrogen-bond donors (Lipinski definition) is 0. The van der Waals surface area contributed by atoms with Crippen molar-refractivity contribution in [3.63, 3.8) is 0 Å². The Kier molecular flexibility index (Phi) is 3.99. The first-order valence-electron chi connectivity index (χ1n) is 8.24. The number of hydrogen-bond acceptors (Lipinski definition) is 5. The molecule has 6 heteroatoms. The van der Waals surface area contributed by atoms with Crippen molar-refractivity contribution in [2.75, 3.05) is 31.1 Å². The van der Waals surface area contributed by atoms with Gasteiger partial charge in [-0.2, -0.15) is 4.37 Å². The highest BCUT2D eigenvalue weighted by atomic mass is 32.1. The molecule has 0 atom stereocenters. The summed E-state index contributed by atoms with van der Waals surface area (Å²) in [6, 6.07) is 9.54. The molecule has 0 unspecified atom stereocenters. The van der Waals surface area contributed by atoms with E-state index in [0.29, 0.717) is 5.92 Å². The number of aromatic nitrogens is 2. The Hall–Kier alpha value is -1.95. The Bertz CT molecular complexity index is 683. The molecule has 120 valence electrons. The SMILES string of the molecule is O=C(c1ccccc1)N1CCCN(c2nc(C3CC3)ns2)CC1. The highest BCUT2D eigenvalue weighted by Gasteiger charge is 2.29. The van der Waals surface area contributed by atoms with Gasteiger partial charge in [0.2, 0.25) is 5.13 Å². The molecule has 1 saturated carbocycles. The average Bonchev–Trinajstić information content (AvgIpc) is 3.38. The van der Waals surface area contributed by atoms with Crippen LogP contribution >= 0.6 is 11.5 Å². The molecule has 1 aliphatic heterocycles. The summed E-state index contributed by atoms with van der Waals surface area (Å²) in [7, 11) is 0. The second kappa shape index (κ2) is 6.28. The van der Waals surface area contributed by atoms with Crippen LogP contribution in [0.1, 0.15) is 41.4 Å². The first-order chi connectivity index (χ1) is 11.3. The van der Waals surface area contributed by atoms with Crippen LogP contribution in [-0.2, 0) is 0 Å². The fourth-order valence-corrected chi connectivity index (χ4v) is 3.73. The van der Waals surface area contributed by atoms with E-state index in [1.165, 1.54) is 24.4 Å². The van der Waals surface area contributed by atoms with E-state index in [9.17, 15) is 4.79 Å². The van der Waals surface area contributed by atoms with Gasteiger partial charge >= 0.3 is 0 Å². The lowest BCUT2D eigenvalue weighted by Crippen LogP contribution is -2.35. The van der Waals surface area contributed by atoms with Gasteiger partial charge in [0.15, 0.2) is 0 Å². The maximum absolute atomic E-state index is 12.6. The van der Waals surface area contributed by atoms with Gasteiger partial charge in [0.05, 0.1) is 0 Å². The Labute approximate surface area is 140 Å².